The smallest absolute Gasteiger partial charge is 0.129 e. The van der Waals surface area contributed by atoms with Crippen LogP contribution in [0.4, 0.5) is 11.6 Å². The van der Waals surface area contributed by atoms with Crippen LogP contribution in [0.25, 0.3) is 0 Å². The Hall–Kier alpha value is -2.59. The van der Waals surface area contributed by atoms with Gasteiger partial charge in [0.2, 0.25) is 0 Å². The van der Waals surface area contributed by atoms with Crippen molar-refractivity contribution in [3.63, 3.8) is 0 Å². The lowest BCUT2D eigenvalue weighted by Crippen LogP contribution is -2.08. The zero-order valence-electron chi connectivity index (χ0n) is 14.7. The standard InChI is InChI=1S/C21H21ClN4/c1-14-16(11-17-13-25-21-19(17)3-2-10-23-21)6-9-20(26-14)24-12-15-4-7-18(22)8-5-15/h2-10,17H,11-13H2,1H3,(H,23,25)(H,24,26). The Balaban J connectivity index is 1.42. The molecule has 0 amide bonds. The van der Waals surface area contributed by atoms with Crippen molar-refractivity contribution in [3.8, 4) is 0 Å². The number of benzene rings is 1. The summed E-state index contributed by atoms with van der Waals surface area (Å²) in [6, 6.07) is 16.3. The SMILES string of the molecule is Cc1nc(NCc2ccc(Cl)cc2)ccc1CC1CNc2ncccc21. The number of halogens is 1. The van der Waals surface area contributed by atoms with Crippen molar-refractivity contribution in [1.82, 2.24) is 9.97 Å². The van der Waals surface area contributed by atoms with Crippen LogP contribution >= 0.6 is 11.6 Å². The van der Waals surface area contributed by atoms with E-state index in [2.05, 4.69) is 40.7 Å². The molecule has 4 rings (SSSR count). The van der Waals surface area contributed by atoms with E-state index in [4.69, 9.17) is 16.6 Å². The fourth-order valence-corrected chi connectivity index (χ4v) is 3.50. The number of aromatic nitrogens is 2. The molecule has 1 aliphatic heterocycles. The molecule has 0 radical (unpaired) electrons. The highest BCUT2D eigenvalue weighted by Gasteiger charge is 2.23. The fraction of sp³-hybridized carbons (Fsp3) is 0.238. The van der Waals surface area contributed by atoms with Crippen molar-refractivity contribution in [2.24, 2.45) is 0 Å². The largest absolute Gasteiger partial charge is 0.369 e. The monoisotopic (exact) mass is 364 g/mol. The van der Waals surface area contributed by atoms with E-state index in [0.29, 0.717) is 5.92 Å². The Kier molecular flexibility index (Phi) is 4.76. The molecular weight excluding hydrogens is 344 g/mol. The van der Waals surface area contributed by atoms with E-state index in [-0.39, 0.29) is 0 Å². The lowest BCUT2D eigenvalue weighted by Gasteiger charge is -2.13. The van der Waals surface area contributed by atoms with Gasteiger partial charge >= 0.3 is 0 Å². The van der Waals surface area contributed by atoms with Crippen LogP contribution in [0.1, 0.15) is 28.3 Å². The molecule has 0 saturated heterocycles. The van der Waals surface area contributed by atoms with Crippen LogP contribution in [-0.4, -0.2) is 16.5 Å². The van der Waals surface area contributed by atoms with Crippen molar-refractivity contribution >= 4 is 23.2 Å². The first-order chi connectivity index (χ1) is 12.7. The quantitative estimate of drug-likeness (QED) is 0.682. The number of aryl methyl sites for hydroxylation is 1. The zero-order chi connectivity index (χ0) is 17.9. The molecule has 4 nitrogen and oxygen atoms in total. The molecule has 0 saturated carbocycles. The Bertz CT molecular complexity index is 908. The Morgan fingerprint density at radius 1 is 1.15 bits per heavy atom. The summed E-state index contributed by atoms with van der Waals surface area (Å²) in [5.74, 6) is 2.37. The van der Waals surface area contributed by atoms with E-state index in [0.717, 1.165) is 41.9 Å². The molecule has 132 valence electrons. The maximum atomic E-state index is 5.93. The number of fused-ring (bicyclic) bond motifs is 1. The number of pyridine rings is 2. The average Bonchev–Trinajstić information content (AvgIpc) is 3.06. The summed E-state index contributed by atoms with van der Waals surface area (Å²) in [6.07, 6.45) is 2.81. The number of rotatable bonds is 5. The first kappa shape index (κ1) is 16.9. The topological polar surface area (TPSA) is 49.8 Å². The lowest BCUT2D eigenvalue weighted by molar-refractivity contribution is 0.744. The van der Waals surface area contributed by atoms with Gasteiger partial charge in [-0.3, -0.25) is 0 Å². The highest BCUT2D eigenvalue weighted by atomic mass is 35.5. The van der Waals surface area contributed by atoms with Crippen molar-refractivity contribution < 1.29 is 0 Å². The van der Waals surface area contributed by atoms with Gasteiger partial charge in [-0.1, -0.05) is 35.9 Å². The van der Waals surface area contributed by atoms with Crippen LogP contribution in [0.5, 0.6) is 0 Å². The van der Waals surface area contributed by atoms with Gasteiger partial charge in [-0.2, -0.15) is 0 Å². The molecule has 3 aromatic rings. The Labute approximate surface area is 158 Å². The number of anilines is 2. The molecule has 0 spiro atoms. The van der Waals surface area contributed by atoms with Crippen molar-refractivity contribution in [2.45, 2.75) is 25.8 Å². The first-order valence-electron chi connectivity index (χ1n) is 8.82. The second-order valence-electron chi connectivity index (χ2n) is 6.64. The van der Waals surface area contributed by atoms with Crippen LogP contribution in [0.15, 0.2) is 54.7 Å². The van der Waals surface area contributed by atoms with E-state index >= 15 is 0 Å². The third-order valence-electron chi connectivity index (χ3n) is 4.84. The second-order valence-corrected chi connectivity index (χ2v) is 7.08. The maximum Gasteiger partial charge on any atom is 0.129 e. The molecule has 0 bridgehead atoms. The number of nitrogens with one attached hydrogen (secondary N) is 2. The molecule has 2 N–H and O–H groups in total. The predicted molar refractivity (Wildman–Crippen MR) is 107 cm³/mol. The Morgan fingerprint density at radius 2 is 2.00 bits per heavy atom. The fourth-order valence-electron chi connectivity index (χ4n) is 3.37. The van der Waals surface area contributed by atoms with Gasteiger partial charge in [0.1, 0.15) is 11.6 Å². The lowest BCUT2D eigenvalue weighted by atomic mass is 9.94. The Morgan fingerprint density at radius 3 is 2.81 bits per heavy atom. The summed E-state index contributed by atoms with van der Waals surface area (Å²) < 4.78 is 0. The van der Waals surface area contributed by atoms with Crippen LogP contribution in [-0.2, 0) is 13.0 Å². The summed E-state index contributed by atoms with van der Waals surface area (Å²) in [5.41, 5.74) is 4.84. The van der Waals surface area contributed by atoms with Crippen LogP contribution in [0.2, 0.25) is 5.02 Å². The van der Waals surface area contributed by atoms with Crippen LogP contribution in [0, 0.1) is 6.92 Å². The third-order valence-corrected chi connectivity index (χ3v) is 5.10. The van der Waals surface area contributed by atoms with E-state index in [1.54, 1.807) is 0 Å². The minimum atomic E-state index is 0.451. The summed E-state index contributed by atoms with van der Waals surface area (Å²) in [6.45, 7) is 3.74. The molecule has 0 fully saturated rings. The van der Waals surface area contributed by atoms with Crippen molar-refractivity contribution in [1.29, 1.82) is 0 Å². The van der Waals surface area contributed by atoms with E-state index in [1.807, 2.05) is 36.5 Å². The number of nitrogens with zero attached hydrogens (tertiary/aromatic N) is 2. The molecule has 1 unspecified atom stereocenters. The highest BCUT2D eigenvalue weighted by molar-refractivity contribution is 6.30. The molecule has 26 heavy (non-hydrogen) atoms. The van der Waals surface area contributed by atoms with Gasteiger partial charge in [0, 0.05) is 35.9 Å². The molecule has 0 aliphatic carbocycles. The van der Waals surface area contributed by atoms with Crippen LogP contribution < -0.4 is 10.6 Å². The molecule has 2 aromatic heterocycles. The summed E-state index contributed by atoms with van der Waals surface area (Å²) in [7, 11) is 0. The van der Waals surface area contributed by atoms with Gasteiger partial charge in [-0.15, -0.1) is 0 Å². The number of hydrogen-bond acceptors (Lipinski definition) is 4. The van der Waals surface area contributed by atoms with Gasteiger partial charge in [0.05, 0.1) is 0 Å². The van der Waals surface area contributed by atoms with Gasteiger partial charge < -0.3 is 10.6 Å². The molecule has 1 aromatic carbocycles. The minimum Gasteiger partial charge on any atom is -0.369 e. The second kappa shape index (κ2) is 7.34. The zero-order valence-corrected chi connectivity index (χ0v) is 15.4. The molecule has 1 atom stereocenters. The summed E-state index contributed by atoms with van der Waals surface area (Å²) in [4.78, 5) is 9.13. The first-order valence-corrected chi connectivity index (χ1v) is 9.20. The van der Waals surface area contributed by atoms with E-state index in [9.17, 15) is 0 Å². The molecule has 3 heterocycles. The number of hydrogen-bond donors (Lipinski definition) is 2. The van der Waals surface area contributed by atoms with Gasteiger partial charge in [0.15, 0.2) is 0 Å². The normalized spacial score (nSPS) is 15.4. The predicted octanol–water partition coefficient (Wildman–Crippen LogP) is 4.80. The van der Waals surface area contributed by atoms with Gasteiger partial charge in [-0.25, -0.2) is 9.97 Å². The van der Waals surface area contributed by atoms with E-state index < -0.39 is 0 Å². The summed E-state index contributed by atoms with van der Waals surface area (Å²) in [5, 5.41) is 7.53. The minimum absolute atomic E-state index is 0.451. The maximum absolute atomic E-state index is 5.93. The third kappa shape index (κ3) is 3.65. The molecule has 1 aliphatic rings. The molecular formula is C21H21ClN4. The average molecular weight is 365 g/mol. The molecule has 5 heteroatoms. The van der Waals surface area contributed by atoms with E-state index in [1.165, 1.54) is 16.7 Å². The highest BCUT2D eigenvalue weighted by Crippen LogP contribution is 2.32. The van der Waals surface area contributed by atoms with Gasteiger partial charge in [0.25, 0.3) is 0 Å². The van der Waals surface area contributed by atoms with Crippen molar-refractivity contribution in [2.75, 3.05) is 17.2 Å². The summed E-state index contributed by atoms with van der Waals surface area (Å²) >= 11 is 5.93. The van der Waals surface area contributed by atoms with Crippen LogP contribution in [0.3, 0.4) is 0 Å². The van der Waals surface area contributed by atoms with Gasteiger partial charge in [-0.05, 0) is 54.3 Å². The van der Waals surface area contributed by atoms with Crippen molar-refractivity contribution in [3.05, 3.63) is 82.1 Å².